The van der Waals surface area contributed by atoms with Crippen molar-refractivity contribution in [2.75, 3.05) is 0 Å². The van der Waals surface area contributed by atoms with E-state index in [9.17, 15) is 24.0 Å². The molecule has 0 saturated carbocycles. The van der Waals surface area contributed by atoms with Crippen LogP contribution in [0.3, 0.4) is 0 Å². The minimum absolute atomic E-state index is 0.0223. The topological polar surface area (TPSA) is 139 Å². The van der Waals surface area contributed by atoms with Crippen LogP contribution in [0.5, 0.6) is 0 Å². The molecule has 7 atom stereocenters. The largest absolute Gasteiger partial charge is 0.465 e. The van der Waals surface area contributed by atoms with Crippen LogP contribution in [-0.2, 0) is 35.0 Å². The van der Waals surface area contributed by atoms with Gasteiger partial charge in [0.25, 0.3) is 0 Å². The van der Waals surface area contributed by atoms with Crippen molar-refractivity contribution in [1.82, 2.24) is 0 Å². The fraction of sp³-hybridized carbons (Fsp3) is 0.643. The fourth-order valence-electron chi connectivity index (χ4n) is 7.07. The number of hydrogen-bond acceptors (Lipinski definition) is 10. The van der Waals surface area contributed by atoms with Gasteiger partial charge in [-0.25, -0.2) is 0 Å². The highest BCUT2D eigenvalue weighted by Gasteiger charge is 2.39. The zero-order valence-electron chi connectivity index (χ0n) is 34.1. The molecule has 52 heavy (non-hydrogen) atoms. The second kappa shape index (κ2) is 19.2. The summed E-state index contributed by atoms with van der Waals surface area (Å²) in [6.07, 6.45) is 1.01. The van der Waals surface area contributed by atoms with Crippen LogP contribution in [0.2, 0.25) is 0 Å². The number of carbonyl (C=O) groups excluding carboxylic acids is 3. The zero-order valence-corrected chi connectivity index (χ0v) is 34.1. The lowest BCUT2D eigenvalue weighted by Crippen LogP contribution is -2.40. The first-order valence-electron chi connectivity index (χ1n) is 18.7. The predicted molar refractivity (Wildman–Crippen MR) is 202 cm³/mol. The summed E-state index contributed by atoms with van der Waals surface area (Å²) in [5.41, 5.74) is 2.30. The smallest absolute Gasteiger partial charge is 0.306 e. The first-order valence-corrected chi connectivity index (χ1v) is 18.7. The van der Waals surface area contributed by atoms with E-state index in [2.05, 4.69) is 0 Å². The van der Waals surface area contributed by atoms with Crippen molar-refractivity contribution < 1.29 is 37.4 Å². The van der Waals surface area contributed by atoms with Crippen LogP contribution in [0.1, 0.15) is 158 Å². The van der Waals surface area contributed by atoms with Gasteiger partial charge in [-0.3, -0.25) is 24.0 Å². The van der Waals surface area contributed by atoms with Crippen molar-refractivity contribution in [3.8, 4) is 0 Å². The second-order valence-electron chi connectivity index (χ2n) is 14.7. The third-order valence-corrected chi connectivity index (χ3v) is 10.0. The number of carbonyl (C=O) groups is 3. The lowest BCUT2D eigenvalue weighted by atomic mass is 9.82. The van der Waals surface area contributed by atoms with Crippen LogP contribution in [0.4, 0.5) is 0 Å². The first kappa shape index (κ1) is 44.2. The van der Waals surface area contributed by atoms with Gasteiger partial charge in [0.05, 0.1) is 11.8 Å². The highest BCUT2D eigenvalue weighted by Crippen LogP contribution is 2.37. The molecule has 0 spiro atoms. The van der Waals surface area contributed by atoms with Gasteiger partial charge in [0.15, 0.2) is 10.9 Å². The Morgan fingerprint density at radius 1 is 0.692 bits per heavy atom. The quantitative estimate of drug-likeness (QED) is 0.0884. The molecular formula is C42H62O10. The molecule has 0 aliphatic carbocycles. The Labute approximate surface area is 309 Å². The summed E-state index contributed by atoms with van der Waals surface area (Å²) in [4.78, 5) is 65.0. The molecule has 290 valence electrons. The third-order valence-electron chi connectivity index (χ3n) is 10.0. The number of aryl methyl sites for hydroxylation is 1. The van der Waals surface area contributed by atoms with Crippen LogP contribution in [0, 0.1) is 39.5 Å². The molecule has 0 amide bonds. The van der Waals surface area contributed by atoms with Gasteiger partial charge in [0.2, 0.25) is 0 Å². The van der Waals surface area contributed by atoms with Crippen molar-refractivity contribution in [2.45, 2.75) is 166 Å². The van der Waals surface area contributed by atoms with E-state index in [1.165, 1.54) is 6.92 Å². The molecule has 10 heteroatoms. The minimum Gasteiger partial charge on any atom is -0.465 e. The molecule has 0 radical (unpaired) electrons. The minimum atomic E-state index is -0.895. The average Bonchev–Trinajstić information content (AvgIpc) is 3.08. The average molecular weight is 727 g/mol. The SMILES string of the molecule is CCC(=O)O[C@@H](/C(C)=C/[C@@H](C)c1oc(CC)c(C)c(=O)c1C)[C@H](C)[C@@H](OC(=O)CC(C)C)[C@@H](C)c1oc([C@@H](C)[C@H](CC)OC(C)=O)c(C)c(=O)c1C. The number of hydrogen-bond donors (Lipinski definition) is 0. The Morgan fingerprint density at radius 2 is 1.23 bits per heavy atom. The number of ether oxygens (including phenoxy) is 3. The summed E-state index contributed by atoms with van der Waals surface area (Å²) in [5.74, 6) is -1.44. The molecule has 0 aromatic carbocycles. The molecule has 2 aromatic heterocycles. The van der Waals surface area contributed by atoms with E-state index in [-0.39, 0.29) is 35.5 Å². The maximum atomic E-state index is 13.7. The van der Waals surface area contributed by atoms with Crippen LogP contribution in [-0.4, -0.2) is 36.2 Å². The van der Waals surface area contributed by atoms with Crippen molar-refractivity contribution in [2.24, 2.45) is 11.8 Å². The molecule has 0 fully saturated rings. The van der Waals surface area contributed by atoms with E-state index >= 15 is 0 Å². The molecule has 0 N–H and O–H groups in total. The van der Waals surface area contributed by atoms with Crippen molar-refractivity contribution in [1.29, 1.82) is 0 Å². The standard InChI is InChI=1S/C42H62O10/c1-16-32-24(8)36(46)26(10)38(49-32)22(6)20-23(7)39(50-34(44)18-3)29(13)42(51-35(45)19-21(4)5)30(14)41-28(12)37(47)27(11)40(52-41)25(9)33(17-2)48-31(15)43/h20-22,25,29-30,33,39,42H,16-19H2,1-15H3/b23-20+/t22-,25+,29+,30+,33+,39+,42-/m1/s1. The van der Waals surface area contributed by atoms with Gasteiger partial charge in [-0.1, -0.05) is 68.4 Å². The summed E-state index contributed by atoms with van der Waals surface area (Å²) in [6, 6.07) is 0. The van der Waals surface area contributed by atoms with Crippen molar-refractivity contribution in [3.05, 3.63) is 77.4 Å². The van der Waals surface area contributed by atoms with Gasteiger partial charge in [-0.05, 0) is 52.5 Å². The van der Waals surface area contributed by atoms with E-state index in [4.69, 9.17) is 23.0 Å². The predicted octanol–water partition coefficient (Wildman–Crippen LogP) is 8.60. The van der Waals surface area contributed by atoms with Gasteiger partial charge in [-0.15, -0.1) is 0 Å². The second-order valence-corrected chi connectivity index (χ2v) is 14.7. The Hall–Kier alpha value is -3.95. The molecule has 0 unspecified atom stereocenters. The number of allylic oxidation sites excluding steroid dienone is 1. The molecule has 10 nitrogen and oxygen atoms in total. The molecule has 2 heterocycles. The lowest BCUT2D eigenvalue weighted by Gasteiger charge is -2.35. The highest BCUT2D eigenvalue weighted by molar-refractivity contribution is 5.70. The molecule has 2 rings (SSSR count). The van der Waals surface area contributed by atoms with E-state index in [1.807, 2.05) is 68.4 Å². The normalized spacial score (nSPS) is 16.0. The summed E-state index contributed by atoms with van der Waals surface area (Å²) in [6.45, 7) is 26.9. The lowest BCUT2D eigenvalue weighted by molar-refractivity contribution is -0.161. The van der Waals surface area contributed by atoms with Crippen molar-refractivity contribution in [3.63, 3.8) is 0 Å². The van der Waals surface area contributed by atoms with E-state index in [0.29, 0.717) is 63.7 Å². The van der Waals surface area contributed by atoms with Crippen LogP contribution in [0.15, 0.2) is 30.1 Å². The van der Waals surface area contributed by atoms with E-state index in [1.54, 1.807) is 34.6 Å². The summed E-state index contributed by atoms with van der Waals surface area (Å²) < 4.78 is 30.7. The number of esters is 3. The molecule has 0 aliphatic rings. The molecule has 2 aromatic rings. The summed E-state index contributed by atoms with van der Waals surface area (Å²) in [5, 5.41) is 0. The molecular weight excluding hydrogens is 664 g/mol. The van der Waals surface area contributed by atoms with Gasteiger partial charge in [0.1, 0.15) is 41.4 Å². The van der Waals surface area contributed by atoms with Crippen LogP contribution >= 0.6 is 0 Å². The maximum Gasteiger partial charge on any atom is 0.306 e. The Morgan fingerprint density at radius 3 is 1.73 bits per heavy atom. The molecule has 0 saturated heterocycles. The van der Waals surface area contributed by atoms with E-state index in [0.717, 1.165) is 0 Å². The Bertz CT molecular complexity index is 1730. The molecule has 0 aliphatic heterocycles. The highest BCUT2D eigenvalue weighted by atomic mass is 16.6. The van der Waals surface area contributed by atoms with Gasteiger partial charge < -0.3 is 23.0 Å². The summed E-state index contributed by atoms with van der Waals surface area (Å²) in [7, 11) is 0. The Kier molecular flexibility index (Phi) is 16.3. The Balaban J connectivity index is 2.79. The number of rotatable bonds is 17. The van der Waals surface area contributed by atoms with Gasteiger partial charge >= 0.3 is 17.9 Å². The summed E-state index contributed by atoms with van der Waals surface area (Å²) >= 11 is 0. The first-order chi connectivity index (χ1) is 24.2. The fourth-order valence-corrected chi connectivity index (χ4v) is 7.07. The molecule has 0 bridgehead atoms. The van der Waals surface area contributed by atoms with Gasteiger partial charge in [0, 0.05) is 60.3 Å². The monoisotopic (exact) mass is 726 g/mol. The zero-order chi connectivity index (χ0) is 39.8. The maximum absolute atomic E-state index is 13.7. The van der Waals surface area contributed by atoms with Crippen LogP contribution in [0.25, 0.3) is 0 Å². The van der Waals surface area contributed by atoms with E-state index < -0.39 is 54.0 Å². The van der Waals surface area contributed by atoms with Crippen molar-refractivity contribution >= 4 is 17.9 Å². The third kappa shape index (κ3) is 10.6. The van der Waals surface area contributed by atoms with Gasteiger partial charge in [-0.2, -0.15) is 0 Å². The van der Waals surface area contributed by atoms with Crippen LogP contribution < -0.4 is 10.9 Å².